The van der Waals surface area contributed by atoms with Gasteiger partial charge in [-0.15, -0.1) is 0 Å². The molecular weight excluding hydrogens is 254 g/mol. The third-order valence-electron chi connectivity index (χ3n) is 4.29. The fourth-order valence-corrected chi connectivity index (χ4v) is 3.28. The normalized spacial score (nSPS) is 30.4. The first kappa shape index (κ1) is 15.7. The Hall–Kier alpha value is -0.650. The molecule has 2 heterocycles. The predicted octanol–water partition coefficient (Wildman–Crippen LogP) is 0.554. The molecule has 5 nitrogen and oxygen atoms in total. The summed E-state index contributed by atoms with van der Waals surface area (Å²) in [5, 5.41) is 3.46. The summed E-state index contributed by atoms with van der Waals surface area (Å²) < 4.78 is 5.54. The van der Waals surface area contributed by atoms with Gasteiger partial charge in [0.25, 0.3) is 0 Å². The van der Waals surface area contributed by atoms with Gasteiger partial charge in [-0.2, -0.15) is 0 Å². The Balaban J connectivity index is 1.94. The van der Waals surface area contributed by atoms with Crippen LogP contribution < -0.4 is 5.32 Å². The zero-order chi connectivity index (χ0) is 14.5. The maximum Gasteiger partial charge on any atom is 0.229 e. The first-order valence-corrected chi connectivity index (χ1v) is 7.89. The molecule has 0 aromatic carbocycles. The molecule has 3 atom stereocenters. The number of ether oxygens (including phenoxy) is 1. The van der Waals surface area contributed by atoms with E-state index in [-0.39, 0.29) is 12.0 Å². The van der Waals surface area contributed by atoms with Gasteiger partial charge in [0.2, 0.25) is 5.91 Å². The van der Waals surface area contributed by atoms with Gasteiger partial charge in [0.1, 0.15) is 0 Å². The molecule has 2 rings (SSSR count). The lowest BCUT2D eigenvalue weighted by Gasteiger charge is -2.30. The van der Waals surface area contributed by atoms with Crippen molar-refractivity contribution < 1.29 is 9.53 Å². The van der Waals surface area contributed by atoms with Crippen LogP contribution in [0.2, 0.25) is 0 Å². The van der Waals surface area contributed by atoms with Gasteiger partial charge in [0.15, 0.2) is 0 Å². The van der Waals surface area contributed by atoms with Crippen molar-refractivity contribution in [3.05, 3.63) is 0 Å². The van der Waals surface area contributed by atoms with Crippen molar-refractivity contribution in [2.75, 3.05) is 46.9 Å². The minimum Gasteiger partial charge on any atom is -0.379 e. The molecule has 2 aliphatic heterocycles. The van der Waals surface area contributed by atoms with E-state index in [9.17, 15) is 4.79 Å². The largest absolute Gasteiger partial charge is 0.379 e. The van der Waals surface area contributed by atoms with Crippen LogP contribution in [0.5, 0.6) is 0 Å². The van der Waals surface area contributed by atoms with Gasteiger partial charge in [-0.05, 0) is 39.9 Å². The van der Waals surface area contributed by atoms with Gasteiger partial charge in [0, 0.05) is 25.2 Å². The number of likely N-dealkylation sites (tertiary alicyclic amines) is 1. The Bertz CT molecular complexity index is 322. The molecule has 2 aliphatic rings. The second-order valence-electron chi connectivity index (χ2n) is 6.29. The Labute approximate surface area is 122 Å². The summed E-state index contributed by atoms with van der Waals surface area (Å²) in [6.07, 6.45) is 3.35. The van der Waals surface area contributed by atoms with Crippen molar-refractivity contribution in [2.45, 2.75) is 38.3 Å². The molecule has 0 saturated carbocycles. The van der Waals surface area contributed by atoms with E-state index in [4.69, 9.17) is 4.74 Å². The first-order chi connectivity index (χ1) is 9.63. The fraction of sp³-hybridized carbons (Fsp3) is 0.933. The van der Waals surface area contributed by atoms with Crippen molar-refractivity contribution in [1.29, 1.82) is 0 Å². The van der Waals surface area contributed by atoms with Crippen molar-refractivity contribution in [3.8, 4) is 0 Å². The molecule has 5 heteroatoms. The number of nitrogens with zero attached hydrogens (tertiary/aromatic N) is 2. The van der Waals surface area contributed by atoms with E-state index in [1.165, 1.54) is 0 Å². The van der Waals surface area contributed by atoms with Crippen molar-refractivity contribution in [1.82, 2.24) is 15.1 Å². The highest BCUT2D eigenvalue weighted by atomic mass is 16.5. The third kappa shape index (κ3) is 3.71. The van der Waals surface area contributed by atoms with Crippen LogP contribution in [0.15, 0.2) is 0 Å². The molecular formula is C15H29N3O2. The predicted molar refractivity (Wildman–Crippen MR) is 79.7 cm³/mol. The van der Waals surface area contributed by atoms with Crippen LogP contribution in [-0.4, -0.2) is 74.7 Å². The van der Waals surface area contributed by atoms with E-state index < -0.39 is 0 Å². The Morgan fingerprint density at radius 2 is 2.20 bits per heavy atom. The average Bonchev–Trinajstić information content (AvgIpc) is 3.03. The highest BCUT2D eigenvalue weighted by molar-refractivity contribution is 5.80. The van der Waals surface area contributed by atoms with E-state index in [2.05, 4.69) is 36.1 Å². The number of rotatable bonds is 6. The van der Waals surface area contributed by atoms with Crippen LogP contribution in [-0.2, 0) is 9.53 Å². The van der Waals surface area contributed by atoms with E-state index in [0.29, 0.717) is 25.2 Å². The maximum atomic E-state index is 12.8. The van der Waals surface area contributed by atoms with Gasteiger partial charge in [0.05, 0.1) is 19.1 Å². The lowest BCUT2D eigenvalue weighted by Crippen LogP contribution is -2.49. The van der Waals surface area contributed by atoms with Gasteiger partial charge >= 0.3 is 0 Å². The Morgan fingerprint density at radius 1 is 1.40 bits per heavy atom. The lowest BCUT2D eigenvalue weighted by atomic mass is 10.0. The number of hydrogen-bond donors (Lipinski definition) is 1. The van der Waals surface area contributed by atoms with Crippen LogP contribution in [0.3, 0.4) is 0 Å². The summed E-state index contributed by atoms with van der Waals surface area (Å²) in [5.74, 6) is 0.296. The molecule has 0 spiro atoms. The highest BCUT2D eigenvalue weighted by Gasteiger charge is 2.39. The molecule has 0 bridgehead atoms. The van der Waals surface area contributed by atoms with E-state index in [1.54, 1.807) is 0 Å². The fourth-order valence-electron chi connectivity index (χ4n) is 3.28. The second-order valence-corrected chi connectivity index (χ2v) is 6.29. The number of carbonyl (C=O) groups is 1. The monoisotopic (exact) mass is 283 g/mol. The van der Waals surface area contributed by atoms with Crippen molar-refractivity contribution in [3.63, 3.8) is 0 Å². The van der Waals surface area contributed by atoms with Crippen LogP contribution >= 0.6 is 0 Å². The minimum atomic E-state index is 0.00399. The molecule has 20 heavy (non-hydrogen) atoms. The van der Waals surface area contributed by atoms with E-state index in [1.807, 2.05) is 0 Å². The van der Waals surface area contributed by atoms with E-state index in [0.717, 1.165) is 38.9 Å². The van der Waals surface area contributed by atoms with E-state index >= 15 is 0 Å². The number of likely N-dealkylation sites (N-methyl/N-ethyl adjacent to an activating group) is 1. The molecule has 0 aliphatic carbocycles. The van der Waals surface area contributed by atoms with Gasteiger partial charge in [-0.3, -0.25) is 4.79 Å². The maximum absolute atomic E-state index is 12.8. The van der Waals surface area contributed by atoms with Gasteiger partial charge in [-0.1, -0.05) is 6.92 Å². The summed E-state index contributed by atoms with van der Waals surface area (Å²) in [6, 6.07) is 0.577. The van der Waals surface area contributed by atoms with Crippen LogP contribution in [0.4, 0.5) is 0 Å². The molecule has 0 radical (unpaired) electrons. The average molecular weight is 283 g/mol. The second kappa shape index (κ2) is 7.38. The van der Waals surface area contributed by atoms with Gasteiger partial charge < -0.3 is 19.9 Å². The van der Waals surface area contributed by atoms with Crippen LogP contribution in [0.1, 0.15) is 26.2 Å². The molecule has 2 fully saturated rings. The lowest BCUT2D eigenvalue weighted by molar-refractivity contribution is -0.137. The summed E-state index contributed by atoms with van der Waals surface area (Å²) in [5.41, 5.74) is 0. The SMILES string of the molecule is CCCNC1COCC1C(=O)N1CCCC1CN(C)C. The summed E-state index contributed by atoms with van der Waals surface area (Å²) in [4.78, 5) is 17.1. The Kier molecular flexibility index (Phi) is 5.81. The quantitative estimate of drug-likeness (QED) is 0.773. The highest BCUT2D eigenvalue weighted by Crippen LogP contribution is 2.24. The molecule has 2 saturated heterocycles. The zero-order valence-electron chi connectivity index (χ0n) is 13.1. The summed E-state index contributed by atoms with van der Waals surface area (Å²) >= 11 is 0. The number of carbonyl (C=O) groups excluding carboxylic acids is 1. The number of nitrogens with one attached hydrogen (secondary N) is 1. The molecule has 1 N–H and O–H groups in total. The third-order valence-corrected chi connectivity index (χ3v) is 4.29. The smallest absolute Gasteiger partial charge is 0.229 e. The minimum absolute atomic E-state index is 0.00399. The molecule has 0 aromatic heterocycles. The van der Waals surface area contributed by atoms with Crippen LogP contribution in [0, 0.1) is 5.92 Å². The molecule has 116 valence electrons. The number of hydrogen-bond acceptors (Lipinski definition) is 4. The first-order valence-electron chi connectivity index (χ1n) is 7.89. The number of amides is 1. The zero-order valence-corrected chi connectivity index (χ0v) is 13.1. The summed E-state index contributed by atoms with van der Waals surface area (Å²) in [6.45, 7) is 6.22. The summed E-state index contributed by atoms with van der Waals surface area (Å²) in [7, 11) is 4.15. The topological polar surface area (TPSA) is 44.8 Å². The standard InChI is InChI=1S/C15H29N3O2/c1-4-7-16-14-11-20-10-13(14)15(19)18-8-5-6-12(18)9-17(2)3/h12-14,16H,4-11H2,1-3H3. The molecule has 3 unspecified atom stereocenters. The van der Waals surface area contributed by atoms with Gasteiger partial charge in [-0.25, -0.2) is 0 Å². The van der Waals surface area contributed by atoms with Crippen molar-refractivity contribution >= 4 is 5.91 Å². The Morgan fingerprint density at radius 3 is 2.90 bits per heavy atom. The molecule has 0 aromatic rings. The van der Waals surface area contributed by atoms with Crippen LogP contribution in [0.25, 0.3) is 0 Å². The van der Waals surface area contributed by atoms with Crippen molar-refractivity contribution in [2.24, 2.45) is 5.92 Å². The molecule has 1 amide bonds.